The lowest BCUT2D eigenvalue weighted by Gasteiger charge is -1.97. The second-order valence-electron chi connectivity index (χ2n) is 2.91. The zero-order valence-corrected chi connectivity index (χ0v) is 7.78. The van der Waals surface area contributed by atoms with Crippen LogP contribution in [0.2, 0.25) is 0 Å². The summed E-state index contributed by atoms with van der Waals surface area (Å²) >= 11 is 0. The van der Waals surface area contributed by atoms with Gasteiger partial charge in [0.2, 0.25) is 0 Å². The number of hydrogen-bond acceptors (Lipinski definition) is 4. The number of ether oxygens (including phenoxy) is 1. The topological polar surface area (TPSA) is 77.1 Å². The van der Waals surface area contributed by atoms with Crippen LogP contribution in [-0.4, -0.2) is 17.3 Å². The zero-order valence-electron chi connectivity index (χ0n) is 7.78. The highest BCUT2D eigenvalue weighted by Crippen LogP contribution is 2.24. The molecule has 14 heavy (non-hydrogen) atoms. The van der Waals surface area contributed by atoms with Crippen LogP contribution >= 0.6 is 0 Å². The molecule has 0 spiro atoms. The van der Waals surface area contributed by atoms with E-state index in [1.165, 1.54) is 0 Å². The lowest BCUT2D eigenvalue weighted by atomic mass is 10.2. The minimum Gasteiger partial charge on any atom is -0.462 e. The fourth-order valence-electron chi connectivity index (χ4n) is 1.29. The summed E-state index contributed by atoms with van der Waals surface area (Å²) in [4.78, 5) is 0. The van der Waals surface area contributed by atoms with E-state index in [-0.39, 0.29) is 0 Å². The normalized spacial score (nSPS) is 10.6. The van der Waals surface area contributed by atoms with Gasteiger partial charge in [-0.15, -0.1) is 0 Å². The van der Waals surface area contributed by atoms with Gasteiger partial charge >= 0.3 is 0 Å². The van der Waals surface area contributed by atoms with Gasteiger partial charge in [0, 0.05) is 18.7 Å². The zero-order chi connectivity index (χ0) is 9.97. The van der Waals surface area contributed by atoms with Crippen molar-refractivity contribution in [2.45, 2.75) is 6.61 Å². The Bertz CT molecular complexity index is 419. The molecule has 5 heteroatoms. The van der Waals surface area contributed by atoms with Gasteiger partial charge in [0.25, 0.3) is 0 Å². The molecule has 0 amide bonds. The SMILES string of the molecule is COCc1ccoc1-c1cc(N)n[nH]1. The first-order valence-electron chi connectivity index (χ1n) is 4.18. The van der Waals surface area contributed by atoms with Gasteiger partial charge in [0.1, 0.15) is 11.5 Å². The number of nitrogens with two attached hydrogens (primary N) is 1. The molecule has 2 rings (SSSR count). The van der Waals surface area contributed by atoms with E-state index < -0.39 is 0 Å². The fourth-order valence-corrected chi connectivity index (χ4v) is 1.29. The number of H-pyrrole nitrogens is 1. The molecule has 0 unspecified atom stereocenters. The quantitative estimate of drug-likeness (QED) is 0.772. The summed E-state index contributed by atoms with van der Waals surface area (Å²) in [5.74, 6) is 1.16. The molecule has 2 aromatic heterocycles. The minimum absolute atomic E-state index is 0.444. The van der Waals surface area contributed by atoms with E-state index in [2.05, 4.69) is 10.2 Å². The number of aromatic amines is 1. The highest BCUT2D eigenvalue weighted by Gasteiger charge is 2.10. The number of nitrogens with zero attached hydrogens (tertiary/aromatic N) is 1. The van der Waals surface area contributed by atoms with Crippen LogP contribution in [0.25, 0.3) is 11.5 Å². The molecule has 2 heterocycles. The van der Waals surface area contributed by atoms with Crippen LogP contribution in [0.5, 0.6) is 0 Å². The maximum absolute atomic E-state index is 5.49. The van der Waals surface area contributed by atoms with Gasteiger partial charge in [0.05, 0.1) is 12.9 Å². The number of anilines is 1. The van der Waals surface area contributed by atoms with Gasteiger partial charge in [-0.1, -0.05) is 0 Å². The number of methoxy groups -OCH3 is 1. The second kappa shape index (κ2) is 3.55. The Morgan fingerprint density at radius 3 is 3.14 bits per heavy atom. The molecule has 3 N–H and O–H groups in total. The molecular weight excluding hydrogens is 182 g/mol. The number of aromatic nitrogens is 2. The molecule has 0 fully saturated rings. The molecule has 0 atom stereocenters. The predicted molar refractivity (Wildman–Crippen MR) is 51.4 cm³/mol. The van der Waals surface area contributed by atoms with Crippen LogP contribution in [0, 0.1) is 0 Å². The van der Waals surface area contributed by atoms with Gasteiger partial charge in [-0.05, 0) is 6.07 Å². The number of furan rings is 1. The smallest absolute Gasteiger partial charge is 0.157 e. The molecule has 0 aliphatic heterocycles. The van der Waals surface area contributed by atoms with E-state index >= 15 is 0 Å². The molecule has 0 radical (unpaired) electrons. The van der Waals surface area contributed by atoms with E-state index in [9.17, 15) is 0 Å². The van der Waals surface area contributed by atoms with Crippen LogP contribution in [0.1, 0.15) is 5.56 Å². The van der Waals surface area contributed by atoms with Crippen LogP contribution in [-0.2, 0) is 11.3 Å². The van der Waals surface area contributed by atoms with Crippen molar-refractivity contribution >= 4 is 5.82 Å². The number of nitrogens with one attached hydrogen (secondary N) is 1. The van der Waals surface area contributed by atoms with Crippen molar-refractivity contribution in [3.05, 3.63) is 24.0 Å². The van der Waals surface area contributed by atoms with Gasteiger partial charge in [-0.3, -0.25) is 5.10 Å². The largest absolute Gasteiger partial charge is 0.462 e. The second-order valence-corrected chi connectivity index (χ2v) is 2.91. The Morgan fingerprint density at radius 1 is 1.64 bits per heavy atom. The molecule has 2 aromatic rings. The first-order valence-corrected chi connectivity index (χ1v) is 4.18. The van der Waals surface area contributed by atoms with Crippen LogP contribution in [0.4, 0.5) is 5.82 Å². The molecule has 0 bridgehead atoms. The monoisotopic (exact) mass is 193 g/mol. The summed E-state index contributed by atoms with van der Waals surface area (Å²) < 4.78 is 10.3. The molecule has 74 valence electrons. The summed E-state index contributed by atoms with van der Waals surface area (Å²) in [6.45, 7) is 0.505. The minimum atomic E-state index is 0.444. The highest BCUT2D eigenvalue weighted by atomic mass is 16.5. The standard InChI is InChI=1S/C9H11N3O2/c1-13-5-6-2-3-14-9(6)7-4-8(10)12-11-7/h2-4H,5H2,1H3,(H3,10,11,12). The molecular formula is C9H11N3O2. The Labute approximate surface area is 80.9 Å². The van der Waals surface area contributed by atoms with Crippen molar-refractivity contribution in [3.63, 3.8) is 0 Å². The van der Waals surface area contributed by atoms with Crippen molar-refractivity contribution in [2.75, 3.05) is 12.8 Å². The molecule has 0 aliphatic rings. The van der Waals surface area contributed by atoms with E-state index in [4.69, 9.17) is 14.9 Å². The first-order chi connectivity index (χ1) is 6.81. The average molecular weight is 193 g/mol. The third kappa shape index (κ3) is 1.49. The molecule has 0 aliphatic carbocycles. The molecule has 0 aromatic carbocycles. The van der Waals surface area contributed by atoms with Crippen molar-refractivity contribution in [2.24, 2.45) is 0 Å². The summed E-state index contributed by atoms with van der Waals surface area (Å²) in [5.41, 5.74) is 7.23. The van der Waals surface area contributed by atoms with Crippen molar-refractivity contribution in [1.29, 1.82) is 0 Å². The number of hydrogen-bond donors (Lipinski definition) is 2. The summed E-state index contributed by atoms with van der Waals surface area (Å²) in [6.07, 6.45) is 1.61. The Balaban J connectivity index is 2.36. The van der Waals surface area contributed by atoms with Gasteiger partial charge in [0.15, 0.2) is 5.76 Å². The molecule has 5 nitrogen and oxygen atoms in total. The van der Waals surface area contributed by atoms with E-state index in [1.807, 2.05) is 6.07 Å². The lowest BCUT2D eigenvalue weighted by molar-refractivity contribution is 0.185. The molecule has 0 saturated carbocycles. The van der Waals surface area contributed by atoms with Crippen molar-refractivity contribution in [3.8, 4) is 11.5 Å². The Kier molecular flexibility index (Phi) is 2.24. The third-order valence-electron chi connectivity index (χ3n) is 1.89. The van der Waals surface area contributed by atoms with Gasteiger partial charge < -0.3 is 14.9 Å². The summed E-state index contributed by atoms with van der Waals surface area (Å²) in [7, 11) is 1.64. The predicted octanol–water partition coefficient (Wildman–Crippen LogP) is 1.40. The van der Waals surface area contributed by atoms with Crippen LogP contribution in [0.15, 0.2) is 22.8 Å². The van der Waals surface area contributed by atoms with Crippen LogP contribution in [0.3, 0.4) is 0 Å². The van der Waals surface area contributed by atoms with Crippen molar-refractivity contribution < 1.29 is 9.15 Å². The lowest BCUT2D eigenvalue weighted by Crippen LogP contribution is -1.87. The number of rotatable bonds is 3. The highest BCUT2D eigenvalue weighted by molar-refractivity contribution is 5.59. The number of nitrogen functional groups attached to an aromatic ring is 1. The maximum Gasteiger partial charge on any atom is 0.157 e. The molecule has 0 saturated heterocycles. The first kappa shape index (κ1) is 8.83. The Morgan fingerprint density at radius 2 is 2.50 bits per heavy atom. The van der Waals surface area contributed by atoms with E-state index in [0.29, 0.717) is 12.4 Å². The maximum atomic E-state index is 5.49. The van der Waals surface area contributed by atoms with E-state index in [0.717, 1.165) is 17.0 Å². The van der Waals surface area contributed by atoms with Gasteiger partial charge in [-0.2, -0.15) is 5.10 Å². The van der Waals surface area contributed by atoms with Crippen molar-refractivity contribution in [1.82, 2.24) is 10.2 Å². The summed E-state index contributed by atoms with van der Waals surface area (Å²) in [6, 6.07) is 3.58. The fraction of sp³-hybridized carbons (Fsp3) is 0.222. The average Bonchev–Trinajstić information content (AvgIpc) is 2.74. The van der Waals surface area contributed by atoms with Gasteiger partial charge in [-0.25, -0.2) is 0 Å². The Hall–Kier alpha value is -1.75. The summed E-state index contributed by atoms with van der Waals surface area (Å²) in [5, 5.41) is 6.61. The van der Waals surface area contributed by atoms with E-state index in [1.54, 1.807) is 19.4 Å². The third-order valence-corrected chi connectivity index (χ3v) is 1.89. The van der Waals surface area contributed by atoms with Crippen LogP contribution < -0.4 is 5.73 Å².